The number of likely N-dealkylation sites (N-methyl/N-ethyl adjacent to an activating group) is 1. The van der Waals surface area contributed by atoms with E-state index in [9.17, 15) is 9.59 Å². The first-order valence-electron chi connectivity index (χ1n) is 9.25. The van der Waals surface area contributed by atoms with Gasteiger partial charge < -0.3 is 20.3 Å². The summed E-state index contributed by atoms with van der Waals surface area (Å²) >= 11 is 0. The number of hydrogen-bond donors (Lipinski definition) is 2. The van der Waals surface area contributed by atoms with E-state index in [1.807, 2.05) is 61.5 Å². The van der Waals surface area contributed by atoms with Gasteiger partial charge in [-0.25, -0.2) is 0 Å². The Hall–Kier alpha value is -2.70. The monoisotopic (exact) mass is 367 g/mol. The fraction of sp³-hybridized carbons (Fsp3) is 0.333. The first-order chi connectivity index (χ1) is 13.2. The molecule has 1 saturated heterocycles. The highest BCUT2D eigenvalue weighted by Crippen LogP contribution is 2.16. The quantitative estimate of drug-likeness (QED) is 0.821. The summed E-state index contributed by atoms with van der Waals surface area (Å²) in [6, 6.07) is 17.0. The predicted octanol–water partition coefficient (Wildman–Crippen LogP) is 2.21. The van der Waals surface area contributed by atoms with Crippen molar-refractivity contribution in [3.63, 3.8) is 0 Å². The number of anilines is 2. The summed E-state index contributed by atoms with van der Waals surface area (Å²) in [5, 5.41) is 5.99. The van der Waals surface area contributed by atoms with Crippen molar-refractivity contribution >= 4 is 23.2 Å². The maximum absolute atomic E-state index is 12.6. The number of nitrogens with one attached hydrogen (secondary N) is 2. The van der Waals surface area contributed by atoms with E-state index in [2.05, 4.69) is 10.6 Å². The molecule has 2 amide bonds. The van der Waals surface area contributed by atoms with Crippen LogP contribution < -0.4 is 15.5 Å². The van der Waals surface area contributed by atoms with Crippen LogP contribution in [0.15, 0.2) is 54.6 Å². The summed E-state index contributed by atoms with van der Waals surface area (Å²) < 4.78 is 5.44. The molecule has 0 saturated carbocycles. The molecule has 1 unspecified atom stereocenters. The average molecular weight is 367 g/mol. The molecule has 1 atom stereocenters. The molecule has 0 aromatic heterocycles. The van der Waals surface area contributed by atoms with Gasteiger partial charge in [0, 0.05) is 31.0 Å². The Morgan fingerprint density at radius 2 is 1.89 bits per heavy atom. The number of nitrogens with zero attached hydrogens (tertiary/aromatic N) is 1. The van der Waals surface area contributed by atoms with E-state index in [0.29, 0.717) is 31.8 Å². The number of carbonyl (C=O) groups excluding carboxylic acids is 2. The molecule has 0 aliphatic carbocycles. The molecule has 1 aliphatic heterocycles. The smallest absolute Gasteiger partial charge is 0.254 e. The SMILES string of the molecule is CCN(C(=O)Cc1ccc(NC(=O)C2CNCCO2)cc1)c1ccccc1. The average Bonchev–Trinajstić information content (AvgIpc) is 2.71. The van der Waals surface area contributed by atoms with Crippen LogP contribution in [-0.2, 0) is 20.7 Å². The van der Waals surface area contributed by atoms with Gasteiger partial charge in [0.2, 0.25) is 5.91 Å². The third-order valence-electron chi connectivity index (χ3n) is 4.48. The Bertz CT molecular complexity index is 756. The minimum Gasteiger partial charge on any atom is -0.366 e. The maximum atomic E-state index is 12.6. The van der Waals surface area contributed by atoms with E-state index in [0.717, 1.165) is 17.8 Å². The summed E-state index contributed by atoms with van der Waals surface area (Å²) in [6.45, 7) is 4.40. The van der Waals surface area contributed by atoms with Crippen LogP contribution in [0.5, 0.6) is 0 Å². The molecular weight excluding hydrogens is 342 g/mol. The number of carbonyl (C=O) groups is 2. The highest BCUT2D eigenvalue weighted by atomic mass is 16.5. The van der Waals surface area contributed by atoms with E-state index < -0.39 is 6.10 Å². The van der Waals surface area contributed by atoms with Gasteiger partial charge in [-0.1, -0.05) is 30.3 Å². The van der Waals surface area contributed by atoms with Crippen molar-refractivity contribution in [1.29, 1.82) is 0 Å². The number of hydrogen-bond acceptors (Lipinski definition) is 4. The van der Waals surface area contributed by atoms with Crippen LogP contribution in [0, 0.1) is 0 Å². The molecule has 3 rings (SSSR count). The second kappa shape index (κ2) is 9.30. The van der Waals surface area contributed by atoms with Crippen LogP contribution in [0.4, 0.5) is 11.4 Å². The van der Waals surface area contributed by atoms with Crippen molar-refractivity contribution in [3.05, 3.63) is 60.2 Å². The maximum Gasteiger partial charge on any atom is 0.254 e. The Labute approximate surface area is 159 Å². The minimum atomic E-state index is -0.469. The van der Waals surface area contributed by atoms with Gasteiger partial charge in [0.15, 0.2) is 0 Å². The molecule has 1 heterocycles. The number of amides is 2. The van der Waals surface area contributed by atoms with Crippen LogP contribution in [-0.4, -0.2) is 44.2 Å². The van der Waals surface area contributed by atoms with Gasteiger partial charge >= 0.3 is 0 Å². The van der Waals surface area contributed by atoms with Gasteiger partial charge in [-0.05, 0) is 36.8 Å². The summed E-state index contributed by atoms with van der Waals surface area (Å²) in [4.78, 5) is 26.6. The molecule has 2 aromatic carbocycles. The van der Waals surface area contributed by atoms with Gasteiger partial charge in [0.1, 0.15) is 6.10 Å². The Balaban J connectivity index is 1.58. The van der Waals surface area contributed by atoms with E-state index in [4.69, 9.17) is 4.74 Å². The zero-order valence-electron chi connectivity index (χ0n) is 15.5. The second-order valence-corrected chi connectivity index (χ2v) is 6.40. The van der Waals surface area contributed by atoms with Crippen molar-refractivity contribution in [2.75, 3.05) is 36.5 Å². The molecule has 0 bridgehead atoms. The fourth-order valence-corrected chi connectivity index (χ4v) is 3.04. The standard InChI is InChI=1S/C21H25N3O3/c1-2-24(18-6-4-3-5-7-18)20(25)14-16-8-10-17(11-9-16)23-21(26)19-15-22-12-13-27-19/h3-11,19,22H,2,12-15H2,1H3,(H,23,26). The van der Waals surface area contributed by atoms with Gasteiger partial charge in [-0.3, -0.25) is 9.59 Å². The van der Waals surface area contributed by atoms with Crippen LogP contribution >= 0.6 is 0 Å². The van der Waals surface area contributed by atoms with Crippen molar-refractivity contribution < 1.29 is 14.3 Å². The normalized spacial score (nSPS) is 16.6. The Morgan fingerprint density at radius 1 is 1.15 bits per heavy atom. The molecule has 1 fully saturated rings. The van der Waals surface area contributed by atoms with Crippen LogP contribution in [0.2, 0.25) is 0 Å². The zero-order chi connectivity index (χ0) is 19.1. The molecule has 0 spiro atoms. The third kappa shape index (κ3) is 5.15. The van der Waals surface area contributed by atoms with Gasteiger partial charge in [-0.2, -0.15) is 0 Å². The largest absolute Gasteiger partial charge is 0.366 e. The van der Waals surface area contributed by atoms with E-state index >= 15 is 0 Å². The Kier molecular flexibility index (Phi) is 6.57. The second-order valence-electron chi connectivity index (χ2n) is 6.40. The van der Waals surface area contributed by atoms with Crippen molar-refractivity contribution in [1.82, 2.24) is 5.32 Å². The molecular formula is C21H25N3O3. The minimum absolute atomic E-state index is 0.0437. The zero-order valence-corrected chi connectivity index (χ0v) is 15.5. The number of rotatable bonds is 6. The van der Waals surface area contributed by atoms with E-state index in [-0.39, 0.29) is 11.8 Å². The lowest BCUT2D eigenvalue weighted by Crippen LogP contribution is -2.45. The van der Waals surface area contributed by atoms with Gasteiger partial charge in [-0.15, -0.1) is 0 Å². The summed E-state index contributed by atoms with van der Waals surface area (Å²) in [6.07, 6.45) is -0.156. The number of morpholine rings is 1. The fourth-order valence-electron chi connectivity index (χ4n) is 3.04. The lowest BCUT2D eigenvalue weighted by molar-refractivity contribution is -0.128. The predicted molar refractivity (Wildman–Crippen MR) is 106 cm³/mol. The number of para-hydroxylation sites is 1. The van der Waals surface area contributed by atoms with E-state index in [1.54, 1.807) is 4.90 Å². The van der Waals surface area contributed by atoms with Crippen LogP contribution in [0.1, 0.15) is 12.5 Å². The van der Waals surface area contributed by atoms with Crippen LogP contribution in [0.25, 0.3) is 0 Å². The third-order valence-corrected chi connectivity index (χ3v) is 4.48. The molecule has 2 aromatic rings. The highest BCUT2D eigenvalue weighted by molar-refractivity contribution is 5.95. The van der Waals surface area contributed by atoms with Gasteiger partial charge in [0.25, 0.3) is 5.91 Å². The number of ether oxygens (including phenoxy) is 1. The van der Waals surface area contributed by atoms with Crippen molar-refractivity contribution in [2.24, 2.45) is 0 Å². The molecule has 6 nitrogen and oxygen atoms in total. The molecule has 2 N–H and O–H groups in total. The molecule has 1 aliphatic rings. The molecule has 27 heavy (non-hydrogen) atoms. The van der Waals surface area contributed by atoms with Crippen molar-refractivity contribution in [3.8, 4) is 0 Å². The summed E-state index contributed by atoms with van der Waals surface area (Å²) in [7, 11) is 0. The van der Waals surface area contributed by atoms with Crippen molar-refractivity contribution in [2.45, 2.75) is 19.4 Å². The van der Waals surface area contributed by atoms with Gasteiger partial charge in [0.05, 0.1) is 13.0 Å². The summed E-state index contributed by atoms with van der Waals surface area (Å²) in [5.41, 5.74) is 2.50. The first kappa shape index (κ1) is 19.1. The lowest BCUT2D eigenvalue weighted by Gasteiger charge is -2.23. The molecule has 0 radical (unpaired) electrons. The Morgan fingerprint density at radius 3 is 2.52 bits per heavy atom. The topological polar surface area (TPSA) is 70.7 Å². The van der Waals surface area contributed by atoms with Crippen LogP contribution in [0.3, 0.4) is 0 Å². The highest BCUT2D eigenvalue weighted by Gasteiger charge is 2.21. The summed E-state index contributed by atoms with van der Waals surface area (Å²) in [5.74, 6) is -0.116. The first-order valence-corrected chi connectivity index (χ1v) is 9.25. The lowest BCUT2D eigenvalue weighted by atomic mass is 10.1. The molecule has 142 valence electrons. The molecule has 6 heteroatoms. The van der Waals surface area contributed by atoms with E-state index in [1.165, 1.54) is 0 Å². The number of benzene rings is 2.